The Morgan fingerprint density at radius 1 is 1.15 bits per heavy atom. The van der Waals surface area contributed by atoms with E-state index < -0.39 is 17.4 Å². The smallest absolute Gasteiger partial charge is 0.309 e. The zero-order valence-electron chi connectivity index (χ0n) is 11.5. The second kappa shape index (κ2) is 7.01. The van der Waals surface area contributed by atoms with Crippen LogP contribution in [0.5, 0.6) is 0 Å². The van der Waals surface area contributed by atoms with Gasteiger partial charge in [0.2, 0.25) is 0 Å². The lowest BCUT2D eigenvalue weighted by Crippen LogP contribution is -2.50. The van der Waals surface area contributed by atoms with E-state index in [1.165, 1.54) is 0 Å². The van der Waals surface area contributed by atoms with Crippen molar-refractivity contribution >= 4 is 11.8 Å². The second-order valence-corrected chi connectivity index (χ2v) is 5.36. The summed E-state index contributed by atoms with van der Waals surface area (Å²) in [6.45, 7) is 2.07. The zero-order chi connectivity index (χ0) is 14.4. The Kier molecular flexibility index (Phi) is 5.33. The number of ether oxygens (including phenoxy) is 2. The normalized spacial score (nSPS) is 25.1. The van der Waals surface area contributed by atoms with Crippen LogP contribution in [0.3, 0.4) is 0 Å². The van der Waals surface area contributed by atoms with E-state index in [1.807, 2.05) is 0 Å². The highest BCUT2D eigenvalue weighted by molar-refractivity contribution is 6.35. The number of hydrogen-bond acceptors (Lipinski definition) is 5. The molecule has 114 valence electrons. The Hall–Kier alpha value is -1.18. The molecule has 7 nitrogen and oxygen atoms in total. The third-order valence-electron chi connectivity index (χ3n) is 3.72. The van der Waals surface area contributed by atoms with Gasteiger partial charge < -0.3 is 25.2 Å². The van der Waals surface area contributed by atoms with Crippen molar-refractivity contribution in [3.63, 3.8) is 0 Å². The van der Waals surface area contributed by atoms with E-state index in [9.17, 15) is 14.7 Å². The monoisotopic (exact) mass is 286 g/mol. The van der Waals surface area contributed by atoms with Crippen molar-refractivity contribution < 1.29 is 24.2 Å². The van der Waals surface area contributed by atoms with Gasteiger partial charge in [0.15, 0.2) is 0 Å². The summed E-state index contributed by atoms with van der Waals surface area (Å²) in [6.07, 6.45) is 2.82. The van der Waals surface area contributed by atoms with Crippen LogP contribution in [-0.2, 0) is 19.1 Å². The van der Waals surface area contributed by atoms with Crippen molar-refractivity contribution in [1.29, 1.82) is 0 Å². The van der Waals surface area contributed by atoms with Gasteiger partial charge in [0.1, 0.15) is 0 Å². The molecule has 2 aliphatic rings. The Labute approximate surface area is 118 Å². The summed E-state index contributed by atoms with van der Waals surface area (Å²) in [5, 5.41) is 15.2. The Balaban J connectivity index is 1.66. The molecule has 2 heterocycles. The molecule has 2 aliphatic heterocycles. The molecule has 0 saturated carbocycles. The molecule has 0 radical (unpaired) electrons. The van der Waals surface area contributed by atoms with E-state index in [-0.39, 0.29) is 12.6 Å². The first-order chi connectivity index (χ1) is 9.59. The van der Waals surface area contributed by atoms with Gasteiger partial charge in [0.25, 0.3) is 0 Å². The molecule has 0 spiro atoms. The van der Waals surface area contributed by atoms with Crippen molar-refractivity contribution in [1.82, 2.24) is 10.6 Å². The molecule has 0 bridgehead atoms. The van der Waals surface area contributed by atoms with E-state index >= 15 is 0 Å². The molecule has 2 amide bonds. The highest BCUT2D eigenvalue weighted by Crippen LogP contribution is 2.19. The summed E-state index contributed by atoms with van der Waals surface area (Å²) < 4.78 is 10.5. The van der Waals surface area contributed by atoms with Crippen LogP contribution >= 0.6 is 0 Å². The molecular formula is C13H22N2O5. The Morgan fingerprint density at radius 3 is 2.50 bits per heavy atom. The maximum absolute atomic E-state index is 11.6. The molecule has 7 heteroatoms. The summed E-state index contributed by atoms with van der Waals surface area (Å²) in [7, 11) is 0. The summed E-state index contributed by atoms with van der Waals surface area (Å²) in [5.41, 5.74) is -0.969. The Bertz CT molecular complexity index is 349. The summed E-state index contributed by atoms with van der Waals surface area (Å²) in [5.74, 6) is -1.40. The van der Waals surface area contributed by atoms with E-state index in [0.717, 1.165) is 12.8 Å². The predicted molar refractivity (Wildman–Crippen MR) is 70.0 cm³/mol. The summed E-state index contributed by atoms with van der Waals surface area (Å²) in [6, 6.07) is 0. The molecule has 2 saturated heterocycles. The van der Waals surface area contributed by atoms with Gasteiger partial charge in [-0.15, -0.1) is 0 Å². The van der Waals surface area contributed by atoms with Crippen LogP contribution in [0, 0.1) is 0 Å². The van der Waals surface area contributed by atoms with Crippen LogP contribution in [0.2, 0.25) is 0 Å². The maximum atomic E-state index is 11.6. The van der Waals surface area contributed by atoms with E-state index in [0.29, 0.717) is 39.2 Å². The second-order valence-electron chi connectivity index (χ2n) is 5.36. The first-order valence-electron chi connectivity index (χ1n) is 7.07. The van der Waals surface area contributed by atoms with Gasteiger partial charge in [-0.05, 0) is 12.8 Å². The number of carbonyl (C=O) groups is 2. The third-order valence-corrected chi connectivity index (χ3v) is 3.72. The highest BCUT2D eigenvalue weighted by atomic mass is 16.5. The lowest BCUT2D eigenvalue weighted by molar-refractivity contribution is -0.140. The topological polar surface area (TPSA) is 96.9 Å². The zero-order valence-corrected chi connectivity index (χ0v) is 11.5. The van der Waals surface area contributed by atoms with Crippen LogP contribution in [0.1, 0.15) is 25.7 Å². The van der Waals surface area contributed by atoms with Crippen molar-refractivity contribution in [2.75, 3.05) is 32.9 Å². The number of carbonyl (C=O) groups excluding carboxylic acids is 2. The number of nitrogens with one attached hydrogen (secondary N) is 2. The first-order valence-corrected chi connectivity index (χ1v) is 7.07. The van der Waals surface area contributed by atoms with Gasteiger partial charge in [-0.25, -0.2) is 0 Å². The minimum atomic E-state index is -0.969. The minimum Gasteiger partial charge on any atom is -0.388 e. The van der Waals surface area contributed by atoms with Gasteiger partial charge in [-0.2, -0.15) is 0 Å². The molecule has 0 aromatic rings. The van der Waals surface area contributed by atoms with Crippen molar-refractivity contribution in [2.45, 2.75) is 37.4 Å². The molecule has 20 heavy (non-hydrogen) atoms. The van der Waals surface area contributed by atoms with Gasteiger partial charge in [-0.3, -0.25) is 9.59 Å². The van der Waals surface area contributed by atoms with Crippen LogP contribution < -0.4 is 10.6 Å². The minimum absolute atomic E-state index is 0.00595. The lowest BCUT2D eigenvalue weighted by Gasteiger charge is -2.31. The van der Waals surface area contributed by atoms with Crippen LogP contribution in [0.25, 0.3) is 0 Å². The maximum Gasteiger partial charge on any atom is 0.309 e. The van der Waals surface area contributed by atoms with Gasteiger partial charge in [-0.1, -0.05) is 0 Å². The molecule has 3 N–H and O–H groups in total. The average molecular weight is 286 g/mol. The van der Waals surface area contributed by atoms with Crippen LogP contribution in [0.15, 0.2) is 0 Å². The molecule has 0 aromatic heterocycles. The van der Waals surface area contributed by atoms with Crippen molar-refractivity contribution in [3.05, 3.63) is 0 Å². The number of rotatable bonds is 4. The molecule has 2 fully saturated rings. The fraction of sp³-hybridized carbons (Fsp3) is 0.846. The fourth-order valence-electron chi connectivity index (χ4n) is 2.35. The molecule has 0 aromatic carbocycles. The fourth-order valence-corrected chi connectivity index (χ4v) is 2.35. The van der Waals surface area contributed by atoms with Gasteiger partial charge >= 0.3 is 11.8 Å². The molecule has 1 atom stereocenters. The van der Waals surface area contributed by atoms with Crippen LogP contribution in [0.4, 0.5) is 0 Å². The molecule has 1 unspecified atom stereocenters. The molecule has 0 aliphatic carbocycles. The first kappa shape index (κ1) is 15.2. The third kappa shape index (κ3) is 4.43. The lowest BCUT2D eigenvalue weighted by atomic mass is 9.94. The summed E-state index contributed by atoms with van der Waals surface area (Å²) in [4.78, 5) is 23.2. The number of amides is 2. The van der Waals surface area contributed by atoms with E-state index in [1.54, 1.807) is 0 Å². The SMILES string of the molecule is O=C(NCC1CCCO1)C(=O)NCC1(O)CCOCC1. The van der Waals surface area contributed by atoms with E-state index in [4.69, 9.17) is 9.47 Å². The molecule has 2 rings (SSSR count). The number of aliphatic hydroxyl groups is 1. The van der Waals surface area contributed by atoms with Gasteiger partial charge in [0.05, 0.1) is 11.7 Å². The average Bonchev–Trinajstić information content (AvgIpc) is 2.96. The standard InChI is InChI=1S/C13H22N2O5/c16-11(14-8-10-2-1-5-20-10)12(17)15-9-13(18)3-6-19-7-4-13/h10,18H,1-9H2,(H,14,16)(H,15,17). The largest absolute Gasteiger partial charge is 0.388 e. The predicted octanol–water partition coefficient (Wildman–Crippen LogP) is -1.06. The highest BCUT2D eigenvalue weighted by Gasteiger charge is 2.31. The van der Waals surface area contributed by atoms with Gasteiger partial charge in [0, 0.05) is 45.8 Å². The van der Waals surface area contributed by atoms with Crippen molar-refractivity contribution in [2.24, 2.45) is 0 Å². The van der Waals surface area contributed by atoms with E-state index in [2.05, 4.69) is 10.6 Å². The quantitative estimate of drug-likeness (QED) is 0.572. The Morgan fingerprint density at radius 2 is 1.85 bits per heavy atom. The van der Waals surface area contributed by atoms with Crippen molar-refractivity contribution in [3.8, 4) is 0 Å². The van der Waals surface area contributed by atoms with Crippen LogP contribution in [-0.4, -0.2) is 61.5 Å². The number of hydrogen-bond donors (Lipinski definition) is 3. The summed E-state index contributed by atoms with van der Waals surface area (Å²) >= 11 is 0. The molecular weight excluding hydrogens is 264 g/mol.